The summed E-state index contributed by atoms with van der Waals surface area (Å²) in [5.41, 5.74) is 0. The molecule has 1 atom stereocenters. The van der Waals surface area contributed by atoms with E-state index in [1.54, 1.807) is 7.05 Å². The van der Waals surface area contributed by atoms with Crippen LogP contribution in [0.15, 0.2) is 0 Å². The Balaban J connectivity index is 2.17. The van der Waals surface area contributed by atoms with Crippen LogP contribution in [-0.4, -0.2) is 50.6 Å². The van der Waals surface area contributed by atoms with Crippen molar-refractivity contribution < 1.29 is 4.79 Å². The Hall–Kier alpha value is -0.610. The van der Waals surface area contributed by atoms with Crippen LogP contribution in [0.3, 0.4) is 0 Å². The van der Waals surface area contributed by atoms with E-state index in [9.17, 15) is 4.79 Å². The highest BCUT2D eigenvalue weighted by Gasteiger charge is 2.16. The van der Waals surface area contributed by atoms with Crippen LogP contribution in [0, 0.1) is 0 Å². The molecule has 1 fully saturated rings. The molecular formula is C12H25N3O. The Kier molecular flexibility index (Phi) is 6.42. The van der Waals surface area contributed by atoms with Gasteiger partial charge in [-0.15, -0.1) is 0 Å². The number of rotatable bonds is 5. The van der Waals surface area contributed by atoms with Crippen LogP contribution < -0.4 is 10.6 Å². The van der Waals surface area contributed by atoms with Gasteiger partial charge in [0.05, 0.1) is 0 Å². The molecule has 0 saturated carbocycles. The molecule has 0 aliphatic carbocycles. The Morgan fingerprint density at radius 1 is 1.44 bits per heavy atom. The molecule has 1 heterocycles. The fraction of sp³-hybridized carbons (Fsp3) is 0.917. The van der Waals surface area contributed by atoms with Crippen molar-refractivity contribution in [2.24, 2.45) is 0 Å². The van der Waals surface area contributed by atoms with Crippen LogP contribution >= 0.6 is 0 Å². The Labute approximate surface area is 98.8 Å². The summed E-state index contributed by atoms with van der Waals surface area (Å²) in [6, 6.07) is 0.694. The normalized spacial score (nSPS) is 21.8. The van der Waals surface area contributed by atoms with E-state index < -0.39 is 0 Å². The molecule has 0 aromatic rings. The van der Waals surface area contributed by atoms with E-state index in [1.807, 2.05) is 0 Å². The van der Waals surface area contributed by atoms with Gasteiger partial charge in [0.1, 0.15) is 0 Å². The largest absolute Gasteiger partial charge is 0.359 e. The van der Waals surface area contributed by atoms with Crippen LogP contribution in [0.25, 0.3) is 0 Å². The van der Waals surface area contributed by atoms with Crippen LogP contribution in [0.5, 0.6) is 0 Å². The average molecular weight is 227 g/mol. The highest BCUT2D eigenvalue weighted by atomic mass is 16.1. The zero-order chi connectivity index (χ0) is 11.8. The first kappa shape index (κ1) is 13.5. The van der Waals surface area contributed by atoms with Crippen molar-refractivity contribution in [2.45, 2.75) is 38.1 Å². The highest BCUT2D eigenvalue weighted by molar-refractivity contribution is 5.75. The van der Waals surface area contributed by atoms with Gasteiger partial charge in [0.2, 0.25) is 5.91 Å². The van der Waals surface area contributed by atoms with Gasteiger partial charge in [-0.1, -0.05) is 0 Å². The van der Waals surface area contributed by atoms with Gasteiger partial charge >= 0.3 is 0 Å². The zero-order valence-corrected chi connectivity index (χ0v) is 10.6. The minimum Gasteiger partial charge on any atom is -0.359 e. The molecule has 1 aliphatic heterocycles. The van der Waals surface area contributed by atoms with Gasteiger partial charge in [-0.3, -0.25) is 4.79 Å². The molecule has 0 aromatic heterocycles. The lowest BCUT2D eigenvalue weighted by Crippen LogP contribution is -2.33. The Morgan fingerprint density at radius 2 is 2.25 bits per heavy atom. The highest BCUT2D eigenvalue weighted by Crippen LogP contribution is 2.12. The molecule has 1 rings (SSSR count). The number of carbonyl (C=O) groups is 1. The molecule has 4 nitrogen and oxygen atoms in total. The predicted octanol–water partition coefficient (Wildman–Crippen LogP) is 0.587. The second kappa shape index (κ2) is 7.63. The number of nitrogens with one attached hydrogen (secondary N) is 2. The van der Waals surface area contributed by atoms with Gasteiger partial charge in [0.15, 0.2) is 0 Å². The number of hydrogen-bond donors (Lipinski definition) is 2. The summed E-state index contributed by atoms with van der Waals surface area (Å²) >= 11 is 0. The molecule has 2 N–H and O–H groups in total. The lowest BCUT2D eigenvalue weighted by molar-refractivity contribution is -0.120. The van der Waals surface area contributed by atoms with Crippen LogP contribution in [0.4, 0.5) is 0 Å². The SMILES string of the molecule is CNC(=O)CCCN(C)C1CCCNCC1. The van der Waals surface area contributed by atoms with E-state index in [0.717, 1.165) is 26.1 Å². The summed E-state index contributed by atoms with van der Waals surface area (Å²) in [6.45, 7) is 3.31. The second-order valence-electron chi connectivity index (χ2n) is 4.59. The third-order valence-electron chi connectivity index (χ3n) is 3.36. The molecular weight excluding hydrogens is 202 g/mol. The fourth-order valence-corrected chi connectivity index (χ4v) is 2.24. The first-order valence-electron chi connectivity index (χ1n) is 6.35. The molecule has 1 aliphatic rings. The van der Waals surface area contributed by atoms with Crippen molar-refractivity contribution >= 4 is 5.91 Å². The van der Waals surface area contributed by atoms with E-state index in [-0.39, 0.29) is 5.91 Å². The summed E-state index contributed by atoms with van der Waals surface area (Å²) in [5, 5.41) is 6.09. The lowest BCUT2D eigenvalue weighted by Gasteiger charge is -2.26. The third-order valence-corrected chi connectivity index (χ3v) is 3.36. The molecule has 0 spiro atoms. The van der Waals surface area contributed by atoms with Gasteiger partial charge in [-0.25, -0.2) is 0 Å². The standard InChI is InChI=1S/C12H25N3O/c1-13-12(16)6-4-10-15(2)11-5-3-8-14-9-7-11/h11,14H,3-10H2,1-2H3,(H,13,16). The van der Waals surface area contributed by atoms with Crippen LogP contribution in [-0.2, 0) is 4.79 Å². The second-order valence-corrected chi connectivity index (χ2v) is 4.59. The quantitative estimate of drug-likeness (QED) is 0.722. The van der Waals surface area contributed by atoms with Crippen LogP contribution in [0.1, 0.15) is 32.1 Å². The minimum atomic E-state index is 0.149. The molecule has 0 aromatic carbocycles. The minimum absolute atomic E-state index is 0.149. The molecule has 4 heteroatoms. The van der Waals surface area contributed by atoms with Gasteiger partial charge in [-0.2, -0.15) is 0 Å². The van der Waals surface area contributed by atoms with Crippen molar-refractivity contribution in [3.63, 3.8) is 0 Å². The first-order valence-corrected chi connectivity index (χ1v) is 6.35. The van der Waals surface area contributed by atoms with Gasteiger partial charge in [0.25, 0.3) is 0 Å². The summed E-state index contributed by atoms with van der Waals surface area (Å²) in [6.07, 6.45) is 5.39. The Morgan fingerprint density at radius 3 is 3.00 bits per heavy atom. The first-order chi connectivity index (χ1) is 7.74. The van der Waals surface area contributed by atoms with Gasteiger partial charge < -0.3 is 15.5 Å². The average Bonchev–Trinajstić information content (AvgIpc) is 2.57. The Bertz CT molecular complexity index is 200. The number of nitrogens with zero attached hydrogens (tertiary/aromatic N) is 1. The number of carbonyl (C=O) groups excluding carboxylic acids is 1. The molecule has 94 valence electrons. The van der Waals surface area contributed by atoms with Crippen molar-refractivity contribution in [3.8, 4) is 0 Å². The van der Waals surface area contributed by atoms with E-state index in [2.05, 4.69) is 22.6 Å². The van der Waals surface area contributed by atoms with E-state index >= 15 is 0 Å². The van der Waals surface area contributed by atoms with Gasteiger partial charge in [-0.05, 0) is 52.4 Å². The molecule has 0 radical (unpaired) electrons. The smallest absolute Gasteiger partial charge is 0.219 e. The zero-order valence-electron chi connectivity index (χ0n) is 10.6. The van der Waals surface area contributed by atoms with Gasteiger partial charge in [0, 0.05) is 19.5 Å². The van der Waals surface area contributed by atoms with E-state index in [0.29, 0.717) is 12.5 Å². The summed E-state index contributed by atoms with van der Waals surface area (Å²) in [4.78, 5) is 13.5. The number of amides is 1. The maximum Gasteiger partial charge on any atom is 0.219 e. The van der Waals surface area contributed by atoms with E-state index in [4.69, 9.17) is 0 Å². The lowest BCUT2D eigenvalue weighted by atomic mass is 10.1. The predicted molar refractivity (Wildman–Crippen MR) is 66.4 cm³/mol. The summed E-state index contributed by atoms with van der Waals surface area (Å²) < 4.78 is 0. The maximum atomic E-state index is 11.1. The maximum absolute atomic E-state index is 11.1. The van der Waals surface area contributed by atoms with Crippen LogP contribution in [0.2, 0.25) is 0 Å². The topological polar surface area (TPSA) is 44.4 Å². The van der Waals surface area contributed by atoms with E-state index in [1.165, 1.54) is 19.3 Å². The molecule has 1 unspecified atom stereocenters. The fourth-order valence-electron chi connectivity index (χ4n) is 2.24. The molecule has 1 amide bonds. The third kappa shape index (κ3) is 4.94. The van der Waals surface area contributed by atoms with Crippen molar-refractivity contribution in [1.29, 1.82) is 0 Å². The van der Waals surface area contributed by atoms with Crippen molar-refractivity contribution in [3.05, 3.63) is 0 Å². The summed E-state index contributed by atoms with van der Waals surface area (Å²) in [7, 11) is 3.88. The molecule has 1 saturated heterocycles. The monoisotopic (exact) mass is 227 g/mol. The summed E-state index contributed by atoms with van der Waals surface area (Å²) in [5.74, 6) is 0.149. The number of hydrogen-bond acceptors (Lipinski definition) is 3. The van der Waals surface area contributed by atoms with Crippen molar-refractivity contribution in [1.82, 2.24) is 15.5 Å². The van der Waals surface area contributed by atoms with Crippen molar-refractivity contribution in [2.75, 3.05) is 33.7 Å². The molecule has 0 bridgehead atoms. The molecule has 16 heavy (non-hydrogen) atoms.